The van der Waals surface area contributed by atoms with Gasteiger partial charge in [-0.2, -0.15) is 0 Å². The molecule has 1 aliphatic carbocycles. The normalized spacial score (nSPS) is 24.7. The molecular weight excluding hydrogens is 211 g/mol. The first-order valence-corrected chi connectivity index (χ1v) is 7.05. The quantitative estimate of drug-likeness (QED) is 0.557. The maximum absolute atomic E-state index is 2.41. The van der Waals surface area contributed by atoms with Crippen molar-refractivity contribution in [2.45, 2.75) is 43.8 Å². The van der Waals surface area contributed by atoms with Gasteiger partial charge in [-0.15, -0.1) is 0 Å². The minimum atomic E-state index is 0.821. The molecule has 1 fully saturated rings. The van der Waals surface area contributed by atoms with Gasteiger partial charge < -0.3 is 0 Å². The second kappa shape index (κ2) is 4.30. The summed E-state index contributed by atoms with van der Waals surface area (Å²) in [5.74, 6) is 0. The summed E-state index contributed by atoms with van der Waals surface area (Å²) in [5, 5.41) is 1.45. The van der Waals surface area contributed by atoms with E-state index in [9.17, 15) is 0 Å². The van der Waals surface area contributed by atoms with Crippen molar-refractivity contribution in [1.29, 1.82) is 0 Å². The molecule has 1 saturated carbocycles. The Morgan fingerprint density at radius 3 is 2.58 bits per heavy atom. The molecule has 12 heavy (non-hydrogen) atoms. The topological polar surface area (TPSA) is 0 Å². The molecular formula is C11H16Se. The van der Waals surface area contributed by atoms with Gasteiger partial charge >= 0.3 is 81.0 Å². The fourth-order valence-corrected chi connectivity index (χ4v) is 4.17. The van der Waals surface area contributed by atoms with E-state index in [4.69, 9.17) is 0 Å². The third-order valence-corrected chi connectivity index (χ3v) is 5.08. The van der Waals surface area contributed by atoms with Crippen LogP contribution in [0.3, 0.4) is 0 Å². The summed E-state index contributed by atoms with van der Waals surface area (Å²) in [6.07, 6.45) is 13.3. The van der Waals surface area contributed by atoms with Crippen LogP contribution in [0.1, 0.15) is 38.5 Å². The molecule has 0 bridgehead atoms. The molecule has 1 heteroatoms. The van der Waals surface area contributed by atoms with Crippen LogP contribution in [0.25, 0.3) is 0 Å². The molecule has 2 aliphatic rings. The summed E-state index contributed by atoms with van der Waals surface area (Å²) in [6, 6.07) is 0. The van der Waals surface area contributed by atoms with Crippen molar-refractivity contribution < 1.29 is 0 Å². The van der Waals surface area contributed by atoms with E-state index in [1.165, 1.54) is 43.8 Å². The van der Waals surface area contributed by atoms with Crippen LogP contribution < -0.4 is 0 Å². The molecule has 0 saturated heterocycles. The van der Waals surface area contributed by atoms with Crippen molar-refractivity contribution in [3.8, 4) is 0 Å². The SMILES string of the molecule is C1=CC(=C2CCCCC2)[Se]CC1. The predicted molar refractivity (Wildman–Crippen MR) is 54.4 cm³/mol. The van der Waals surface area contributed by atoms with Crippen molar-refractivity contribution in [2.24, 2.45) is 0 Å². The van der Waals surface area contributed by atoms with E-state index < -0.39 is 0 Å². The van der Waals surface area contributed by atoms with Crippen LogP contribution in [0.4, 0.5) is 0 Å². The summed E-state index contributed by atoms with van der Waals surface area (Å²) in [4.78, 5) is 0. The van der Waals surface area contributed by atoms with Gasteiger partial charge in [-0.05, 0) is 0 Å². The van der Waals surface area contributed by atoms with Gasteiger partial charge in [-0.3, -0.25) is 0 Å². The summed E-state index contributed by atoms with van der Waals surface area (Å²) >= 11 is 0.821. The fourth-order valence-electron chi connectivity index (χ4n) is 1.92. The third-order valence-electron chi connectivity index (χ3n) is 2.62. The number of hydrogen-bond acceptors (Lipinski definition) is 0. The maximum atomic E-state index is 2.41. The molecule has 0 amide bonds. The second-order valence-corrected chi connectivity index (χ2v) is 5.95. The van der Waals surface area contributed by atoms with Gasteiger partial charge in [0.05, 0.1) is 0 Å². The van der Waals surface area contributed by atoms with Crippen LogP contribution in [-0.2, 0) is 0 Å². The van der Waals surface area contributed by atoms with Crippen LogP contribution in [0, 0.1) is 0 Å². The second-order valence-electron chi connectivity index (χ2n) is 3.57. The summed E-state index contributed by atoms with van der Waals surface area (Å²) in [6.45, 7) is 0. The summed E-state index contributed by atoms with van der Waals surface area (Å²) in [5.41, 5.74) is 1.80. The van der Waals surface area contributed by atoms with E-state index in [-0.39, 0.29) is 0 Å². The van der Waals surface area contributed by atoms with Crippen LogP contribution >= 0.6 is 0 Å². The first-order chi connectivity index (χ1) is 5.97. The zero-order chi connectivity index (χ0) is 8.23. The average molecular weight is 227 g/mol. The van der Waals surface area contributed by atoms with Crippen molar-refractivity contribution in [2.75, 3.05) is 0 Å². The molecule has 0 aromatic carbocycles. The van der Waals surface area contributed by atoms with E-state index >= 15 is 0 Å². The van der Waals surface area contributed by atoms with Gasteiger partial charge in [0.15, 0.2) is 0 Å². The molecule has 2 rings (SSSR count). The zero-order valence-electron chi connectivity index (χ0n) is 7.51. The Morgan fingerprint density at radius 2 is 1.92 bits per heavy atom. The molecule has 1 heterocycles. The van der Waals surface area contributed by atoms with Gasteiger partial charge in [0.1, 0.15) is 0 Å². The van der Waals surface area contributed by atoms with Gasteiger partial charge in [-0.25, -0.2) is 0 Å². The molecule has 0 aromatic heterocycles. The first-order valence-electron chi connectivity index (χ1n) is 4.98. The third kappa shape index (κ3) is 2.02. The summed E-state index contributed by atoms with van der Waals surface area (Å²) in [7, 11) is 0. The number of allylic oxidation sites excluding steroid dienone is 4. The van der Waals surface area contributed by atoms with Crippen LogP contribution in [0.15, 0.2) is 22.2 Å². The van der Waals surface area contributed by atoms with Gasteiger partial charge in [-0.1, -0.05) is 0 Å². The minimum absolute atomic E-state index is 0.821. The average Bonchev–Trinajstić information content (AvgIpc) is 2.21. The van der Waals surface area contributed by atoms with E-state index in [0.29, 0.717) is 0 Å². The van der Waals surface area contributed by atoms with Crippen molar-refractivity contribution in [1.82, 2.24) is 0 Å². The van der Waals surface area contributed by atoms with Crippen molar-refractivity contribution in [3.63, 3.8) is 0 Å². The molecule has 0 unspecified atom stereocenters. The monoisotopic (exact) mass is 228 g/mol. The van der Waals surface area contributed by atoms with Gasteiger partial charge in [0.2, 0.25) is 0 Å². The predicted octanol–water partition coefficient (Wildman–Crippen LogP) is 3.29. The first kappa shape index (κ1) is 8.59. The fraction of sp³-hybridized carbons (Fsp3) is 0.636. The van der Waals surface area contributed by atoms with Gasteiger partial charge in [0.25, 0.3) is 0 Å². The van der Waals surface area contributed by atoms with Crippen molar-refractivity contribution in [3.05, 3.63) is 22.2 Å². The Morgan fingerprint density at radius 1 is 1.08 bits per heavy atom. The molecule has 0 spiro atoms. The number of rotatable bonds is 0. The molecule has 0 nitrogen and oxygen atoms in total. The van der Waals surface area contributed by atoms with E-state index in [1.54, 1.807) is 10.0 Å². The van der Waals surface area contributed by atoms with Crippen LogP contribution in [-0.4, -0.2) is 15.0 Å². The Hall–Kier alpha value is -0.000519. The standard InChI is InChI=1S/C11H16Se/c1-2-6-10(7-3-1)11-8-4-5-9-12-11/h4,8H,1-3,5-7,9H2. The van der Waals surface area contributed by atoms with Crippen molar-refractivity contribution >= 4 is 15.0 Å². The molecule has 0 N–H and O–H groups in total. The zero-order valence-corrected chi connectivity index (χ0v) is 9.23. The molecule has 0 radical (unpaired) electrons. The van der Waals surface area contributed by atoms with Gasteiger partial charge in [0, 0.05) is 0 Å². The molecule has 66 valence electrons. The summed E-state index contributed by atoms with van der Waals surface area (Å²) < 4.78 is 1.74. The molecule has 0 aromatic rings. The van der Waals surface area contributed by atoms with E-state index in [2.05, 4.69) is 12.2 Å². The Bertz CT molecular complexity index is 205. The Labute approximate surface area is 81.3 Å². The Balaban J connectivity index is 2.10. The molecule has 0 atom stereocenters. The van der Waals surface area contributed by atoms with Crippen LogP contribution in [0.5, 0.6) is 0 Å². The Kier molecular flexibility index (Phi) is 3.08. The van der Waals surface area contributed by atoms with Crippen LogP contribution in [0.2, 0.25) is 5.32 Å². The van der Waals surface area contributed by atoms with E-state index in [0.717, 1.165) is 15.0 Å². The number of hydrogen-bond donors (Lipinski definition) is 0. The van der Waals surface area contributed by atoms with E-state index in [1.807, 2.05) is 0 Å². The molecule has 1 aliphatic heterocycles.